The molecule has 3 rings (SSSR count). The summed E-state index contributed by atoms with van der Waals surface area (Å²) in [5.74, 6) is 0.270. The molecular weight excluding hydrogens is 354 g/mol. The summed E-state index contributed by atoms with van der Waals surface area (Å²) in [7, 11) is 1.58. The van der Waals surface area contributed by atoms with Gasteiger partial charge in [-0.3, -0.25) is 9.59 Å². The van der Waals surface area contributed by atoms with Crippen molar-refractivity contribution in [2.45, 2.75) is 32.3 Å². The van der Waals surface area contributed by atoms with Crippen molar-refractivity contribution in [2.75, 3.05) is 30.4 Å². The Bertz CT molecular complexity index is 820. The first-order valence-electron chi connectivity index (χ1n) is 9.71. The van der Waals surface area contributed by atoms with Crippen LogP contribution in [0.25, 0.3) is 0 Å². The van der Waals surface area contributed by atoms with Gasteiger partial charge < -0.3 is 20.3 Å². The van der Waals surface area contributed by atoms with E-state index in [2.05, 4.69) is 29.7 Å². The second-order valence-corrected chi connectivity index (χ2v) is 6.92. The molecule has 1 heterocycles. The molecule has 6 nitrogen and oxygen atoms in total. The molecule has 0 unspecified atom stereocenters. The Hall–Kier alpha value is -3.02. The minimum Gasteiger partial charge on any atom is -0.477 e. The Morgan fingerprint density at radius 1 is 1.14 bits per heavy atom. The number of benzene rings is 2. The number of hydrogen-bond donors (Lipinski definition) is 2. The van der Waals surface area contributed by atoms with Crippen LogP contribution in [0.1, 0.15) is 25.3 Å². The van der Waals surface area contributed by atoms with Crippen molar-refractivity contribution in [1.82, 2.24) is 5.32 Å². The number of anilines is 2. The Morgan fingerprint density at radius 3 is 2.61 bits per heavy atom. The third-order valence-electron chi connectivity index (χ3n) is 4.79. The van der Waals surface area contributed by atoms with Crippen LogP contribution in [0, 0.1) is 0 Å². The molecule has 1 aliphatic heterocycles. The minimum atomic E-state index is -0.648. The van der Waals surface area contributed by atoms with Gasteiger partial charge in [-0.2, -0.15) is 0 Å². The zero-order valence-electron chi connectivity index (χ0n) is 16.4. The summed E-state index contributed by atoms with van der Waals surface area (Å²) in [4.78, 5) is 26.5. The third kappa shape index (κ3) is 4.82. The molecular formula is C22H27N3O3. The van der Waals surface area contributed by atoms with Crippen molar-refractivity contribution in [3.8, 4) is 5.75 Å². The number of fused-ring (bicyclic) bond motifs is 1. The van der Waals surface area contributed by atoms with E-state index in [1.165, 1.54) is 5.56 Å². The number of amides is 2. The predicted octanol–water partition coefficient (Wildman–Crippen LogP) is 2.98. The van der Waals surface area contributed by atoms with Gasteiger partial charge in [0.25, 0.3) is 5.91 Å². The third-order valence-corrected chi connectivity index (χ3v) is 4.79. The van der Waals surface area contributed by atoms with E-state index in [9.17, 15) is 9.59 Å². The van der Waals surface area contributed by atoms with Gasteiger partial charge in [-0.05, 0) is 42.7 Å². The van der Waals surface area contributed by atoms with Gasteiger partial charge in [-0.1, -0.05) is 37.6 Å². The van der Waals surface area contributed by atoms with Gasteiger partial charge in [0, 0.05) is 12.7 Å². The van der Waals surface area contributed by atoms with Crippen molar-refractivity contribution in [3.63, 3.8) is 0 Å². The number of aryl methyl sites for hydroxylation is 1. The summed E-state index contributed by atoms with van der Waals surface area (Å²) in [6.07, 6.45) is 2.73. The van der Waals surface area contributed by atoms with Crippen LogP contribution in [0.5, 0.6) is 5.75 Å². The molecule has 2 aromatic rings. The van der Waals surface area contributed by atoms with Crippen molar-refractivity contribution < 1.29 is 14.3 Å². The zero-order valence-corrected chi connectivity index (χ0v) is 16.4. The Balaban J connectivity index is 1.66. The van der Waals surface area contributed by atoms with Crippen molar-refractivity contribution in [3.05, 3.63) is 54.1 Å². The van der Waals surface area contributed by atoms with Gasteiger partial charge in [0.2, 0.25) is 5.91 Å². The van der Waals surface area contributed by atoms with Crippen LogP contribution in [0.3, 0.4) is 0 Å². The highest BCUT2D eigenvalue weighted by Gasteiger charge is 2.30. The van der Waals surface area contributed by atoms with Crippen molar-refractivity contribution in [1.29, 1.82) is 0 Å². The zero-order chi connectivity index (χ0) is 19.9. The normalized spacial score (nSPS) is 15.4. The lowest BCUT2D eigenvalue weighted by Gasteiger charge is -2.34. The number of para-hydroxylation sites is 2. The summed E-state index contributed by atoms with van der Waals surface area (Å²) in [6, 6.07) is 15.4. The Labute approximate surface area is 165 Å². The highest BCUT2D eigenvalue weighted by atomic mass is 16.5. The van der Waals surface area contributed by atoms with Crippen molar-refractivity contribution >= 4 is 23.2 Å². The van der Waals surface area contributed by atoms with Crippen LogP contribution in [0.2, 0.25) is 0 Å². The molecule has 6 heteroatoms. The fraction of sp³-hybridized carbons (Fsp3) is 0.364. The maximum absolute atomic E-state index is 12.6. The van der Waals surface area contributed by atoms with E-state index in [0.717, 1.165) is 30.6 Å². The number of rotatable bonds is 7. The SMILES string of the molecule is CCCCc1ccc(NC(=O)CN2C[C@H](C(=O)NC)Oc3ccccc32)cc1. The molecule has 0 radical (unpaired) electrons. The standard InChI is InChI=1S/C22H27N3O3/c1-3-4-7-16-10-12-17(13-11-16)24-21(26)15-25-14-20(22(27)23-2)28-19-9-6-5-8-18(19)25/h5-6,8-13,20H,3-4,7,14-15H2,1-2H3,(H,23,27)(H,24,26)/t20-/m1/s1. The monoisotopic (exact) mass is 381 g/mol. The Morgan fingerprint density at radius 2 is 1.89 bits per heavy atom. The van der Waals surface area contributed by atoms with Crippen LogP contribution in [0.4, 0.5) is 11.4 Å². The van der Waals surface area contributed by atoms with Gasteiger partial charge >= 0.3 is 0 Å². The molecule has 0 saturated heterocycles. The quantitative estimate of drug-likeness (QED) is 0.774. The van der Waals surface area contributed by atoms with Gasteiger partial charge in [-0.15, -0.1) is 0 Å². The molecule has 1 atom stereocenters. The summed E-state index contributed by atoms with van der Waals surface area (Å²) < 4.78 is 5.77. The molecule has 0 bridgehead atoms. The molecule has 2 amide bonds. The smallest absolute Gasteiger partial charge is 0.262 e. The summed E-state index contributed by atoms with van der Waals surface area (Å²) in [5, 5.41) is 5.55. The van der Waals surface area contributed by atoms with Crippen LogP contribution in [0.15, 0.2) is 48.5 Å². The summed E-state index contributed by atoms with van der Waals surface area (Å²) in [5.41, 5.74) is 2.86. The maximum atomic E-state index is 12.6. The predicted molar refractivity (Wildman–Crippen MR) is 111 cm³/mol. The first-order valence-corrected chi connectivity index (χ1v) is 9.71. The van der Waals surface area contributed by atoms with E-state index < -0.39 is 6.10 Å². The first-order chi connectivity index (χ1) is 13.6. The van der Waals surface area contributed by atoms with E-state index in [1.807, 2.05) is 41.3 Å². The molecule has 0 saturated carbocycles. The average Bonchev–Trinajstić information content (AvgIpc) is 2.72. The van der Waals surface area contributed by atoms with Gasteiger partial charge in [-0.25, -0.2) is 0 Å². The van der Waals surface area contributed by atoms with E-state index >= 15 is 0 Å². The molecule has 2 aromatic carbocycles. The number of carbonyl (C=O) groups excluding carboxylic acids is 2. The van der Waals surface area contributed by atoms with Crippen molar-refractivity contribution in [2.24, 2.45) is 0 Å². The van der Waals surface area contributed by atoms with Crippen LogP contribution >= 0.6 is 0 Å². The number of unbranched alkanes of at least 4 members (excludes halogenated alkanes) is 1. The van der Waals surface area contributed by atoms with Gasteiger partial charge in [0.15, 0.2) is 6.10 Å². The first kappa shape index (κ1) is 19.7. The van der Waals surface area contributed by atoms with Gasteiger partial charge in [0.1, 0.15) is 5.75 Å². The number of nitrogens with one attached hydrogen (secondary N) is 2. The number of ether oxygens (including phenoxy) is 1. The number of hydrogen-bond acceptors (Lipinski definition) is 4. The second kappa shape index (κ2) is 9.26. The molecule has 148 valence electrons. The molecule has 2 N–H and O–H groups in total. The van der Waals surface area contributed by atoms with Crippen LogP contribution in [-0.4, -0.2) is 38.1 Å². The lowest BCUT2D eigenvalue weighted by Crippen LogP contribution is -2.50. The van der Waals surface area contributed by atoms with Gasteiger partial charge in [0.05, 0.1) is 18.8 Å². The average molecular weight is 381 g/mol. The fourth-order valence-electron chi connectivity index (χ4n) is 3.26. The number of likely N-dealkylation sites (N-methyl/N-ethyl adjacent to an activating group) is 1. The molecule has 0 fully saturated rings. The largest absolute Gasteiger partial charge is 0.477 e. The van der Waals surface area contributed by atoms with E-state index in [-0.39, 0.29) is 18.4 Å². The number of carbonyl (C=O) groups is 2. The molecule has 0 aliphatic carbocycles. The Kier molecular flexibility index (Phi) is 6.53. The summed E-state index contributed by atoms with van der Waals surface area (Å²) in [6.45, 7) is 2.64. The van der Waals surface area contributed by atoms with E-state index in [1.54, 1.807) is 7.05 Å². The lowest BCUT2D eigenvalue weighted by molar-refractivity contribution is -0.127. The van der Waals surface area contributed by atoms with Crippen LogP contribution < -0.4 is 20.3 Å². The maximum Gasteiger partial charge on any atom is 0.262 e. The molecule has 0 aromatic heterocycles. The fourth-order valence-corrected chi connectivity index (χ4v) is 3.26. The topological polar surface area (TPSA) is 70.7 Å². The van der Waals surface area contributed by atoms with E-state index in [4.69, 9.17) is 4.74 Å². The molecule has 28 heavy (non-hydrogen) atoms. The molecule has 1 aliphatic rings. The highest BCUT2D eigenvalue weighted by molar-refractivity contribution is 5.95. The molecule has 0 spiro atoms. The number of nitrogens with zero attached hydrogens (tertiary/aromatic N) is 1. The minimum absolute atomic E-state index is 0.131. The summed E-state index contributed by atoms with van der Waals surface area (Å²) >= 11 is 0. The van der Waals surface area contributed by atoms with E-state index in [0.29, 0.717) is 12.3 Å². The lowest BCUT2D eigenvalue weighted by atomic mass is 10.1. The second-order valence-electron chi connectivity index (χ2n) is 6.92. The van der Waals surface area contributed by atoms with Crippen LogP contribution in [-0.2, 0) is 16.0 Å². The highest BCUT2D eigenvalue weighted by Crippen LogP contribution is 2.32.